The maximum atomic E-state index is 16.0. The summed E-state index contributed by atoms with van der Waals surface area (Å²) in [6, 6.07) is 2.29. The summed E-state index contributed by atoms with van der Waals surface area (Å²) >= 11 is 0. The summed E-state index contributed by atoms with van der Waals surface area (Å²) in [6.45, 7) is 1.00. The van der Waals surface area contributed by atoms with Gasteiger partial charge in [-0.15, -0.1) is 0 Å². The van der Waals surface area contributed by atoms with E-state index in [2.05, 4.69) is 5.32 Å². The monoisotopic (exact) mass is 803 g/mol. The van der Waals surface area contributed by atoms with Gasteiger partial charge in [-0.25, -0.2) is 8.78 Å². The van der Waals surface area contributed by atoms with Crippen molar-refractivity contribution in [2.45, 2.75) is 56.5 Å². The molecule has 6 rings (SSSR count). The van der Waals surface area contributed by atoms with Crippen LogP contribution in [0.5, 0.6) is 11.5 Å². The van der Waals surface area contributed by atoms with Crippen molar-refractivity contribution in [1.82, 2.24) is 14.8 Å². The van der Waals surface area contributed by atoms with E-state index in [1.54, 1.807) is 0 Å². The van der Waals surface area contributed by atoms with Gasteiger partial charge in [0.2, 0.25) is 5.91 Å². The number of fused-ring (bicyclic) bond motifs is 6. The molecule has 1 aromatic heterocycles. The minimum absolute atomic E-state index is 0.0926. The van der Waals surface area contributed by atoms with E-state index < -0.39 is 118 Å². The highest BCUT2D eigenvalue weighted by Crippen LogP contribution is 2.44. The third kappa shape index (κ3) is 8.22. The van der Waals surface area contributed by atoms with Crippen LogP contribution in [-0.4, -0.2) is 52.3 Å². The maximum Gasteiger partial charge on any atom is 0.419 e. The molecule has 3 heterocycles. The zero-order chi connectivity index (χ0) is 41.1. The van der Waals surface area contributed by atoms with Crippen LogP contribution in [-0.2, 0) is 34.5 Å². The highest BCUT2D eigenvalue weighted by Gasteiger charge is 2.41. The van der Waals surface area contributed by atoms with Gasteiger partial charge in [0.05, 0.1) is 29.2 Å². The predicted molar refractivity (Wildman–Crippen MR) is 175 cm³/mol. The lowest BCUT2D eigenvalue weighted by Gasteiger charge is -2.34. The number of carboxylic acid groups (broad SMARTS) is 1. The Hall–Kier alpha value is -5.46. The Morgan fingerprint density at radius 3 is 2.20 bits per heavy atom. The van der Waals surface area contributed by atoms with Crippen molar-refractivity contribution in [3.63, 3.8) is 0 Å². The van der Waals surface area contributed by atoms with Crippen molar-refractivity contribution in [1.29, 1.82) is 0 Å². The molecule has 2 atom stereocenters. The van der Waals surface area contributed by atoms with Crippen molar-refractivity contribution in [2.75, 3.05) is 19.6 Å². The van der Waals surface area contributed by atoms with Gasteiger partial charge in [-0.05, 0) is 72.0 Å². The smallest absolute Gasteiger partial charge is 0.419 e. The number of carboxylic acids is 1. The van der Waals surface area contributed by atoms with Gasteiger partial charge >= 0.3 is 24.5 Å². The summed E-state index contributed by atoms with van der Waals surface area (Å²) in [5, 5.41) is 11.8. The molecule has 0 unspecified atom stereocenters. The molecule has 2 aliphatic heterocycles. The fourth-order valence-electron chi connectivity index (χ4n) is 6.80. The van der Waals surface area contributed by atoms with Crippen molar-refractivity contribution in [3.8, 4) is 22.6 Å². The second-order valence-electron chi connectivity index (χ2n) is 13.4. The molecular formula is C37H28F11N3O5. The maximum absolute atomic E-state index is 16.0. The molecule has 0 radical (unpaired) electrons. The number of aryl methyl sites for hydroxylation is 1. The Kier molecular flexibility index (Phi) is 10.5. The highest BCUT2D eigenvalue weighted by atomic mass is 19.4. The summed E-state index contributed by atoms with van der Waals surface area (Å²) in [6.07, 6.45) is -18.2. The molecule has 0 aliphatic carbocycles. The first-order valence-electron chi connectivity index (χ1n) is 16.6. The van der Waals surface area contributed by atoms with Gasteiger partial charge in [0, 0.05) is 43.0 Å². The Balaban J connectivity index is 1.66. The molecule has 1 saturated heterocycles. The first-order valence-corrected chi connectivity index (χ1v) is 16.6. The second-order valence-corrected chi connectivity index (χ2v) is 13.4. The number of likely N-dealkylation sites (tertiary alicyclic amines) is 1. The van der Waals surface area contributed by atoms with Crippen LogP contribution in [0, 0.1) is 12.7 Å². The van der Waals surface area contributed by atoms with Gasteiger partial charge < -0.3 is 15.2 Å². The molecule has 1 fully saturated rings. The molecule has 56 heavy (non-hydrogen) atoms. The number of nitrogens with zero attached hydrogens (tertiary/aromatic N) is 2. The van der Waals surface area contributed by atoms with Crippen LogP contribution in [0.1, 0.15) is 57.4 Å². The van der Waals surface area contributed by atoms with Gasteiger partial charge in [-0.3, -0.25) is 23.9 Å². The van der Waals surface area contributed by atoms with Crippen molar-refractivity contribution in [2.24, 2.45) is 0 Å². The van der Waals surface area contributed by atoms with Gasteiger partial charge in [0.1, 0.15) is 29.5 Å². The summed E-state index contributed by atoms with van der Waals surface area (Å²) in [5.74, 6) is -6.44. The third-order valence-electron chi connectivity index (χ3n) is 9.40. The van der Waals surface area contributed by atoms with Gasteiger partial charge in [-0.2, -0.15) is 39.5 Å². The fourth-order valence-corrected chi connectivity index (χ4v) is 6.80. The zero-order valence-corrected chi connectivity index (χ0v) is 28.7. The topological polar surface area (TPSA) is 101 Å². The van der Waals surface area contributed by atoms with E-state index in [1.807, 2.05) is 0 Å². The number of benzene rings is 3. The van der Waals surface area contributed by atoms with Crippen LogP contribution in [0.3, 0.4) is 0 Å². The Labute approximate surface area is 309 Å². The summed E-state index contributed by atoms with van der Waals surface area (Å²) in [4.78, 5) is 41.4. The highest BCUT2D eigenvalue weighted by molar-refractivity contribution is 5.85. The van der Waals surface area contributed by atoms with Crippen molar-refractivity contribution >= 4 is 11.9 Å². The average molecular weight is 804 g/mol. The predicted octanol–water partition coefficient (Wildman–Crippen LogP) is 8.24. The second kappa shape index (κ2) is 14.6. The number of rotatable bonds is 6. The van der Waals surface area contributed by atoms with Crippen LogP contribution in [0.25, 0.3) is 11.1 Å². The molecule has 8 nitrogen and oxygen atoms in total. The Bertz CT molecular complexity index is 2260. The van der Waals surface area contributed by atoms with E-state index in [-0.39, 0.29) is 42.6 Å². The third-order valence-corrected chi connectivity index (χ3v) is 9.40. The lowest BCUT2D eigenvalue weighted by atomic mass is 9.91. The number of hydrogen-bond donors (Lipinski definition) is 2. The number of aliphatic carboxylic acids is 1. The summed E-state index contributed by atoms with van der Waals surface area (Å²) < 4.78 is 165. The number of nitrogens with one attached hydrogen (secondary N) is 1. The molecule has 19 heteroatoms. The van der Waals surface area contributed by atoms with Crippen LogP contribution < -0.4 is 15.6 Å². The quantitative estimate of drug-likeness (QED) is 0.191. The molecule has 3 aromatic carbocycles. The molecule has 0 saturated carbocycles. The number of carbonyl (C=O) groups excluding carboxylic acids is 1. The molecule has 298 valence electrons. The molecular weight excluding hydrogens is 775 g/mol. The van der Waals surface area contributed by atoms with Crippen LogP contribution in [0.4, 0.5) is 48.3 Å². The van der Waals surface area contributed by atoms with Crippen LogP contribution in [0.15, 0.2) is 65.6 Å². The lowest BCUT2D eigenvalue weighted by molar-refractivity contribution is -0.140. The average Bonchev–Trinajstić information content (AvgIpc) is 3.05. The normalized spacial score (nSPS) is 18.1. The van der Waals surface area contributed by atoms with E-state index in [9.17, 15) is 63.4 Å². The number of amides is 1. The number of halogens is 11. The zero-order valence-electron chi connectivity index (χ0n) is 28.7. The van der Waals surface area contributed by atoms with Crippen molar-refractivity contribution < 1.29 is 67.7 Å². The van der Waals surface area contributed by atoms with E-state index in [0.29, 0.717) is 29.0 Å². The largest absolute Gasteiger partial charge is 0.481 e. The molecule has 2 aliphatic rings. The van der Waals surface area contributed by atoms with Gasteiger partial charge in [0.25, 0.3) is 5.56 Å². The molecule has 4 bridgehead atoms. The Morgan fingerprint density at radius 2 is 1.59 bits per heavy atom. The molecule has 4 aromatic rings. The number of carbonyl (C=O) groups is 2. The first kappa shape index (κ1) is 40.2. The van der Waals surface area contributed by atoms with Gasteiger partial charge in [-0.1, -0.05) is 12.1 Å². The number of ether oxygens (including phenoxy) is 1. The van der Waals surface area contributed by atoms with E-state index in [0.717, 1.165) is 12.1 Å². The van der Waals surface area contributed by atoms with Crippen LogP contribution >= 0.6 is 0 Å². The Morgan fingerprint density at radius 1 is 0.911 bits per heavy atom. The van der Waals surface area contributed by atoms with Crippen LogP contribution in [0.2, 0.25) is 0 Å². The summed E-state index contributed by atoms with van der Waals surface area (Å²) in [5.41, 5.74) is -9.28. The number of alkyl halides is 10. The SMILES string of the molecule is Cc1cccc2c1-c1cc(c(F)c(C(F)(F)F)c1)[C@H](CC(=O)O)NC(=O)[C@@H](n1cc(CCN3CC(F)C3)c(C(F)(F)F)cc1=O)c1cc(cc(C(F)(F)F)c1)O2. The molecule has 2 N–H and O–H groups in total. The standard InChI is InChI=1S/C37H28F11N3O5/c1-17-3-2-4-28-31(17)19-9-24(32(39)26(10-19)37(46,47)48)27(13-30(53)54)49-34(55)33(20-7-21(35(40,41)42)11-23(8-20)56-28)51-14-18(5-6-50-15-22(38)16-50)25(12-29(51)52)36(43,44)45/h2-4,7-12,14,22,27,33H,5-6,13,15-16H2,1H3,(H,49,55)(H,53,54)/t27-,33-/m0/s1. The van der Waals surface area contributed by atoms with Gasteiger partial charge in [0.15, 0.2) is 0 Å². The van der Waals surface area contributed by atoms with Crippen molar-refractivity contribution in [3.05, 3.63) is 116 Å². The van der Waals surface area contributed by atoms with E-state index in [1.165, 1.54) is 30.0 Å². The minimum Gasteiger partial charge on any atom is -0.481 e. The van der Waals surface area contributed by atoms with E-state index in [4.69, 9.17) is 4.74 Å². The first-order chi connectivity index (χ1) is 26.0. The lowest BCUT2D eigenvalue weighted by Crippen LogP contribution is -2.49. The number of hydrogen-bond acceptors (Lipinski definition) is 5. The molecule has 0 spiro atoms. The summed E-state index contributed by atoms with van der Waals surface area (Å²) in [7, 11) is 0. The molecule has 1 amide bonds. The number of aromatic nitrogens is 1. The minimum atomic E-state index is -5.41. The van der Waals surface area contributed by atoms with E-state index >= 15 is 4.39 Å². The number of pyridine rings is 1. The fraction of sp³-hybridized carbons (Fsp3) is 0.324.